The fraction of sp³-hybridized carbons (Fsp3) is 0.0833. The molecule has 1 aromatic heterocycles. The summed E-state index contributed by atoms with van der Waals surface area (Å²) >= 11 is 0. The van der Waals surface area contributed by atoms with Gasteiger partial charge in [0.2, 0.25) is 0 Å². The van der Waals surface area contributed by atoms with Crippen molar-refractivity contribution >= 4 is 17.4 Å². The highest BCUT2D eigenvalue weighted by Crippen LogP contribution is 2.16. The lowest BCUT2D eigenvalue weighted by Crippen LogP contribution is -2.15. The zero-order valence-electron chi connectivity index (χ0n) is 9.64. The summed E-state index contributed by atoms with van der Waals surface area (Å²) in [6.45, 7) is 1.70. The molecule has 92 valence electrons. The molecule has 0 saturated carbocycles. The van der Waals surface area contributed by atoms with E-state index in [0.29, 0.717) is 11.3 Å². The Kier molecular flexibility index (Phi) is 3.18. The third-order valence-electron chi connectivity index (χ3n) is 2.34. The number of aromatic nitrogens is 2. The number of rotatable bonds is 2. The zero-order chi connectivity index (χ0) is 13.1. The van der Waals surface area contributed by atoms with Gasteiger partial charge in [-0.05, 0) is 30.7 Å². The van der Waals surface area contributed by atoms with Gasteiger partial charge in [0.05, 0.1) is 12.4 Å². The average molecular weight is 246 g/mol. The van der Waals surface area contributed by atoms with Crippen LogP contribution in [0, 0.1) is 12.7 Å². The van der Waals surface area contributed by atoms with Crippen molar-refractivity contribution in [3.63, 3.8) is 0 Å². The van der Waals surface area contributed by atoms with Crippen LogP contribution in [-0.2, 0) is 0 Å². The van der Waals surface area contributed by atoms with E-state index in [4.69, 9.17) is 5.73 Å². The van der Waals surface area contributed by atoms with Crippen LogP contribution in [0.4, 0.5) is 15.9 Å². The van der Waals surface area contributed by atoms with Crippen molar-refractivity contribution in [3.05, 3.63) is 47.7 Å². The van der Waals surface area contributed by atoms with Gasteiger partial charge in [-0.3, -0.25) is 4.79 Å². The number of aryl methyl sites for hydroxylation is 1. The minimum atomic E-state index is -0.419. The molecule has 0 aliphatic rings. The van der Waals surface area contributed by atoms with Gasteiger partial charge in [0, 0.05) is 5.69 Å². The van der Waals surface area contributed by atoms with Crippen LogP contribution in [0.15, 0.2) is 30.6 Å². The molecule has 1 heterocycles. The molecule has 0 saturated heterocycles. The Balaban J connectivity index is 2.18. The normalized spacial score (nSPS) is 10.1. The highest BCUT2D eigenvalue weighted by atomic mass is 19.1. The van der Waals surface area contributed by atoms with E-state index >= 15 is 0 Å². The van der Waals surface area contributed by atoms with Crippen LogP contribution in [0.3, 0.4) is 0 Å². The molecule has 1 aromatic carbocycles. The highest BCUT2D eigenvalue weighted by Gasteiger charge is 2.09. The Labute approximate surface area is 103 Å². The molecule has 6 heteroatoms. The second-order valence-corrected chi connectivity index (χ2v) is 3.74. The van der Waals surface area contributed by atoms with Crippen LogP contribution in [0.1, 0.15) is 16.1 Å². The van der Waals surface area contributed by atoms with Gasteiger partial charge in [0.25, 0.3) is 5.91 Å². The van der Waals surface area contributed by atoms with Gasteiger partial charge in [-0.1, -0.05) is 0 Å². The van der Waals surface area contributed by atoms with Gasteiger partial charge >= 0.3 is 0 Å². The van der Waals surface area contributed by atoms with Crippen LogP contribution >= 0.6 is 0 Å². The fourth-order valence-corrected chi connectivity index (χ4v) is 1.41. The number of nitrogens with one attached hydrogen (secondary N) is 1. The number of benzene rings is 1. The lowest BCUT2D eigenvalue weighted by Gasteiger charge is -2.07. The molecule has 2 rings (SSSR count). The first-order valence-electron chi connectivity index (χ1n) is 5.21. The Bertz CT molecular complexity index is 583. The SMILES string of the molecule is Cc1cc(F)ccc1NC(=O)c1cnc(N)cn1. The zero-order valence-corrected chi connectivity index (χ0v) is 9.64. The maximum Gasteiger partial charge on any atom is 0.275 e. The first kappa shape index (κ1) is 12.0. The standard InChI is InChI=1S/C12H11FN4O/c1-7-4-8(13)2-3-9(7)17-12(18)10-5-16-11(14)6-15-10/h2-6H,1H3,(H2,14,16)(H,17,18). The predicted molar refractivity (Wildman–Crippen MR) is 65.5 cm³/mol. The van der Waals surface area contributed by atoms with Gasteiger partial charge in [0.15, 0.2) is 0 Å². The molecule has 3 N–H and O–H groups in total. The maximum absolute atomic E-state index is 12.9. The monoisotopic (exact) mass is 246 g/mol. The van der Waals surface area contributed by atoms with E-state index in [9.17, 15) is 9.18 Å². The van der Waals surface area contributed by atoms with E-state index in [1.165, 1.54) is 30.6 Å². The molecule has 0 atom stereocenters. The third kappa shape index (κ3) is 2.60. The number of amides is 1. The number of hydrogen-bond acceptors (Lipinski definition) is 4. The molecule has 0 aliphatic heterocycles. The van der Waals surface area contributed by atoms with Crippen LogP contribution in [0.2, 0.25) is 0 Å². The summed E-state index contributed by atoms with van der Waals surface area (Å²) in [6, 6.07) is 4.11. The van der Waals surface area contributed by atoms with Crippen molar-refractivity contribution in [2.75, 3.05) is 11.1 Å². The molecule has 0 radical (unpaired) electrons. The van der Waals surface area contributed by atoms with Gasteiger partial charge in [0.1, 0.15) is 17.3 Å². The van der Waals surface area contributed by atoms with E-state index in [-0.39, 0.29) is 17.3 Å². The Morgan fingerprint density at radius 3 is 2.72 bits per heavy atom. The van der Waals surface area contributed by atoms with Crippen molar-refractivity contribution in [1.29, 1.82) is 0 Å². The molecule has 0 fully saturated rings. The second kappa shape index (κ2) is 4.79. The van der Waals surface area contributed by atoms with Crippen molar-refractivity contribution in [3.8, 4) is 0 Å². The molecule has 5 nitrogen and oxygen atoms in total. The smallest absolute Gasteiger partial charge is 0.275 e. The minimum Gasteiger partial charge on any atom is -0.382 e. The molecular weight excluding hydrogens is 235 g/mol. The van der Waals surface area contributed by atoms with E-state index in [2.05, 4.69) is 15.3 Å². The summed E-state index contributed by atoms with van der Waals surface area (Å²) in [5, 5.41) is 2.62. The fourth-order valence-electron chi connectivity index (χ4n) is 1.41. The van der Waals surface area contributed by atoms with Crippen LogP contribution in [0.5, 0.6) is 0 Å². The summed E-state index contributed by atoms with van der Waals surface area (Å²) in [5.41, 5.74) is 6.68. The summed E-state index contributed by atoms with van der Waals surface area (Å²) in [7, 11) is 0. The number of carbonyl (C=O) groups is 1. The Morgan fingerprint density at radius 2 is 2.11 bits per heavy atom. The summed E-state index contributed by atoms with van der Waals surface area (Å²) in [6.07, 6.45) is 2.58. The van der Waals surface area contributed by atoms with Gasteiger partial charge in [-0.15, -0.1) is 0 Å². The van der Waals surface area contributed by atoms with Crippen molar-refractivity contribution in [2.24, 2.45) is 0 Å². The van der Waals surface area contributed by atoms with Crippen molar-refractivity contribution < 1.29 is 9.18 Å². The summed E-state index contributed by atoms with van der Waals surface area (Å²) < 4.78 is 12.9. The highest BCUT2D eigenvalue weighted by molar-refractivity contribution is 6.03. The number of nitrogens with two attached hydrogens (primary N) is 1. The molecular formula is C12H11FN4O. The quantitative estimate of drug-likeness (QED) is 0.846. The summed E-state index contributed by atoms with van der Waals surface area (Å²) in [4.78, 5) is 19.4. The Morgan fingerprint density at radius 1 is 1.33 bits per heavy atom. The topological polar surface area (TPSA) is 80.9 Å². The molecule has 18 heavy (non-hydrogen) atoms. The molecule has 0 bridgehead atoms. The molecule has 1 amide bonds. The molecule has 0 spiro atoms. The number of nitrogens with zero attached hydrogens (tertiary/aromatic N) is 2. The maximum atomic E-state index is 12.9. The molecule has 0 aliphatic carbocycles. The molecule has 0 unspecified atom stereocenters. The third-order valence-corrected chi connectivity index (χ3v) is 2.34. The van der Waals surface area contributed by atoms with Crippen molar-refractivity contribution in [1.82, 2.24) is 9.97 Å². The predicted octanol–water partition coefficient (Wildman–Crippen LogP) is 1.76. The summed E-state index contributed by atoms with van der Waals surface area (Å²) in [5.74, 6) is -0.528. The minimum absolute atomic E-state index is 0.146. The van der Waals surface area contributed by atoms with Crippen LogP contribution in [0.25, 0.3) is 0 Å². The second-order valence-electron chi connectivity index (χ2n) is 3.74. The van der Waals surface area contributed by atoms with Crippen LogP contribution < -0.4 is 11.1 Å². The molecule has 2 aromatic rings. The average Bonchev–Trinajstić information content (AvgIpc) is 2.33. The lowest BCUT2D eigenvalue weighted by atomic mass is 10.2. The van der Waals surface area contributed by atoms with E-state index in [0.717, 1.165) is 0 Å². The first-order valence-corrected chi connectivity index (χ1v) is 5.21. The number of anilines is 2. The van der Waals surface area contributed by atoms with Crippen LogP contribution in [-0.4, -0.2) is 15.9 Å². The lowest BCUT2D eigenvalue weighted by molar-refractivity contribution is 0.102. The number of hydrogen-bond donors (Lipinski definition) is 2. The first-order chi connectivity index (χ1) is 8.56. The Hall–Kier alpha value is -2.50. The largest absolute Gasteiger partial charge is 0.382 e. The van der Waals surface area contributed by atoms with Gasteiger partial charge in [-0.2, -0.15) is 0 Å². The van der Waals surface area contributed by atoms with E-state index < -0.39 is 5.91 Å². The number of carbonyl (C=O) groups excluding carboxylic acids is 1. The number of nitrogen functional groups attached to an aromatic ring is 1. The van der Waals surface area contributed by atoms with Gasteiger partial charge < -0.3 is 11.1 Å². The van der Waals surface area contributed by atoms with E-state index in [1.807, 2.05) is 0 Å². The van der Waals surface area contributed by atoms with Crippen molar-refractivity contribution in [2.45, 2.75) is 6.92 Å². The van der Waals surface area contributed by atoms with E-state index in [1.54, 1.807) is 6.92 Å². The van der Waals surface area contributed by atoms with Gasteiger partial charge in [-0.25, -0.2) is 14.4 Å². The number of halogens is 1.